The van der Waals surface area contributed by atoms with E-state index in [9.17, 15) is 0 Å². The van der Waals surface area contributed by atoms with Crippen molar-refractivity contribution in [2.45, 2.75) is 19.1 Å². The molecule has 1 aliphatic rings. The van der Waals surface area contributed by atoms with E-state index in [0.29, 0.717) is 6.10 Å². The molecule has 0 saturated carbocycles. The van der Waals surface area contributed by atoms with Crippen LogP contribution in [-0.4, -0.2) is 61.2 Å². The number of ether oxygens (including phenoxy) is 1. The van der Waals surface area contributed by atoms with Gasteiger partial charge in [-0.25, -0.2) is 4.98 Å². The van der Waals surface area contributed by atoms with Crippen molar-refractivity contribution in [2.75, 3.05) is 40.3 Å². The number of morpholine rings is 1. The van der Waals surface area contributed by atoms with E-state index in [4.69, 9.17) is 4.74 Å². The number of nitrogens with zero attached hydrogens (tertiary/aromatic N) is 3. The second kappa shape index (κ2) is 8.02. The molecular formula is C18H25N3OS. The summed E-state index contributed by atoms with van der Waals surface area (Å²) >= 11 is 1.80. The zero-order valence-electron chi connectivity index (χ0n) is 13.9. The first kappa shape index (κ1) is 16.6. The van der Waals surface area contributed by atoms with Crippen LogP contribution in [0.2, 0.25) is 0 Å². The molecular weight excluding hydrogens is 306 g/mol. The van der Waals surface area contributed by atoms with Crippen LogP contribution in [0.3, 0.4) is 0 Å². The summed E-state index contributed by atoms with van der Waals surface area (Å²) in [5.41, 5.74) is 1.20. The van der Waals surface area contributed by atoms with Gasteiger partial charge in [0.2, 0.25) is 0 Å². The molecule has 1 aromatic carbocycles. The smallest absolute Gasteiger partial charge is 0.123 e. The second-order valence-electron chi connectivity index (χ2n) is 6.32. The lowest BCUT2D eigenvalue weighted by molar-refractivity contribution is -0.0367. The van der Waals surface area contributed by atoms with E-state index in [1.165, 1.54) is 10.4 Å². The molecule has 0 amide bonds. The summed E-state index contributed by atoms with van der Waals surface area (Å²) < 4.78 is 5.89. The highest BCUT2D eigenvalue weighted by molar-refractivity contribution is 7.15. The van der Waals surface area contributed by atoms with E-state index in [2.05, 4.69) is 53.1 Å². The highest BCUT2D eigenvalue weighted by Crippen LogP contribution is 2.26. The average molecular weight is 331 g/mol. The molecule has 3 rings (SSSR count). The molecule has 0 spiro atoms. The summed E-state index contributed by atoms with van der Waals surface area (Å²) in [5, 5.41) is 1.11. The van der Waals surface area contributed by atoms with Crippen LogP contribution in [0.25, 0.3) is 10.6 Å². The summed E-state index contributed by atoms with van der Waals surface area (Å²) in [6.45, 7) is 4.93. The van der Waals surface area contributed by atoms with Crippen molar-refractivity contribution < 1.29 is 4.74 Å². The van der Waals surface area contributed by atoms with Crippen LogP contribution in [0, 0.1) is 0 Å². The van der Waals surface area contributed by atoms with Crippen molar-refractivity contribution in [3.05, 3.63) is 41.4 Å². The maximum absolute atomic E-state index is 5.89. The van der Waals surface area contributed by atoms with Gasteiger partial charge in [0.15, 0.2) is 0 Å². The summed E-state index contributed by atoms with van der Waals surface area (Å²) in [6, 6.07) is 10.4. The van der Waals surface area contributed by atoms with E-state index in [1.54, 1.807) is 11.3 Å². The van der Waals surface area contributed by atoms with Crippen LogP contribution in [-0.2, 0) is 11.3 Å². The fourth-order valence-electron chi connectivity index (χ4n) is 2.82. The van der Waals surface area contributed by atoms with Crippen LogP contribution < -0.4 is 0 Å². The Hall–Kier alpha value is -1.27. The molecule has 5 heteroatoms. The summed E-state index contributed by atoms with van der Waals surface area (Å²) in [6.07, 6.45) is 3.48. The lowest BCUT2D eigenvalue weighted by Gasteiger charge is -2.33. The monoisotopic (exact) mass is 331 g/mol. The van der Waals surface area contributed by atoms with Gasteiger partial charge in [-0.05, 0) is 20.5 Å². The number of hydrogen-bond acceptors (Lipinski definition) is 5. The SMILES string of the molecule is CN(C)CC[C@H]1CN(Cc2cnc(-c3ccccc3)s2)CCO1. The molecule has 4 nitrogen and oxygen atoms in total. The molecule has 23 heavy (non-hydrogen) atoms. The molecule has 124 valence electrons. The first-order valence-electron chi connectivity index (χ1n) is 8.19. The topological polar surface area (TPSA) is 28.6 Å². The predicted molar refractivity (Wildman–Crippen MR) is 95.7 cm³/mol. The van der Waals surface area contributed by atoms with Gasteiger partial charge >= 0.3 is 0 Å². The number of thiazole rings is 1. The molecule has 1 fully saturated rings. The molecule has 0 unspecified atom stereocenters. The Balaban J connectivity index is 1.56. The maximum Gasteiger partial charge on any atom is 0.123 e. The number of aromatic nitrogens is 1. The Bertz CT molecular complexity index is 599. The Morgan fingerprint density at radius 1 is 1.30 bits per heavy atom. The van der Waals surface area contributed by atoms with Gasteiger partial charge in [-0.3, -0.25) is 4.90 Å². The van der Waals surface area contributed by atoms with Gasteiger partial charge in [0, 0.05) is 42.8 Å². The van der Waals surface area contributed by atoms with Gasteiger partial charge in [0.1, 0.15) is 5.01 Å². The van der Waals surface area contributed by atoms with Crippen LogP contribution in [0.1, 0.15) is 11.3 Å². The minimum absolute atomic E-state index is 0.354. The van der Waals surface area contributed by atoms with Crippen LogP contribution in [0.5, 0.6) is 0 Å². The zero-order chi connectivity index (χ0) is 16.1. The Morgan fingerprint density at radius 2 is 2.13 bits per heavy atom. The van der Waals surface area contributed by atoms with Gasteiger partial charge in [-0.1, -0.05) is 30.3 Å². The number of benzene rings is 1. The number of rotatable bonds is 6. The van der Waals surface area contributed by atoms with Gasteiger partial charge in [0.05, 0.1) is 12.7 Å². The third-order valence-electron chi connectivity index (χ3n) is 4.07. The summed E-state index contributed by atoms with van der Waals surface area (Å²) in [7, 11) is 4.23. The van der Waals surface area contributed by atoms with E-state index in [1.807, 2.05) is 12.3 Å². The van der Waals surface area contributed by atoms with Crippen molar-refractivity contribution in [3.63, 3.8) is 0 Å². The molecule has 1 atom stereocenters. The predicted octanol–water partition coefficient (Wildman–Crippen LogP) is 2.96. The third kappa shape index (κ3) is 4.85. The van der Waals surface area contributed by atoms with Crippen LogP contribution in [0.4, 0.5) is 0 Å². The van der Waals surface area contributed by atoms with E-state index >= 15 is 0 Å². The van der Waals surface area contributed by atoms with Gasteiger partial charge < -0.3 is 9.64 Å². The zero-order valence-corrected chi connectivity index (χ0v) is 14.8. The van der Waals surface area contributed by atoms with E-state index in [-0.39, 0.29) is 0 Å². The minimum atomic E-state index is 0.354. The second-order valence-corrected chi connectivity index (χ2v) is 7.43. The van der Waals surface area contributed by atoms with Gasteiger partial charge in [-0.2, -0.15) is 0 Å². The molecule has 1 aliphatic heterocycles. The average Bonchev–Trinajstić information content (AvgIpc) is 3.03. The first-order valence-corrected chi connectivity index (χ1v) is 9.01. The lowest BCUT2D eigenvalue weighted by atomic mass is 10.2. The fraction of sp³-hybridized carbons (Fsp3) is 0.500. The highest BCUT2D eigenvalue weighted by Gasteiger charge is 2.21. The summed E-state index contributed by atoms with van der Waals surface area (Å²) in [4.78, 5) is 10.6. The minimum Gasteiger partial charge on any atom is -0.376 e. The highest BCUT2D eigenvalue weighted by atomic mass is 32.1. The van der Waals surface area contributed by atoms with Crippen LogP contribution >= 0.6 is 11.3 Å². The Kier molecular flexibility index (Phi) is 5.78. The molecule has 0 N–H and O–H groups in total. The molecule has 1 saturated heterocycles. The maximum atomic E-state index is 5.89. The van der Waals surface area contributed by atoms with Crippen LogP contribution in [0.15, 0.2) is 36.5 Å². The van der Waals surface area contributed by atoms with Crippen molar-refractivity contribution >= 4 is 11.3 Å². The molecule has 0 aliphatic carbocycles. The molecule has 0 bridgehead atoms. The van der Waals surface area contributed by atoms with Gasteiger partial charge in [-0.15, -0.1) is 11.3 Å². The molecule has 2 heterocycles. The normalized spacial score (nSPS) is 19.3. The molecule has 2 aromatic rings. The Labute approximate surface area is 142 Å². The lowest BCUT2D eigenvalue weighted by Crippen LogP contribution is -2.42. The standard InChI is InChI=1S/C18H25N3OS/c1-20(2)9-8-16-13-21(10-11-22-16)14-17-12-19-18(23-17)15-6-4-3-5-7-15/h3-7,12,16H,8-11,13-14H2,1-2H3/t16-/m0/s1. The quantitative estimate of drug-likeness (QED) is 0.814. The fourth-order valence-corrected chi connectivity index (χ4v) is 3.78. The Morgan fingerprint density at radius 3 is 2.91 bits per heavy atom. The molecule has 1 aromatic heterocycles. The van der Waals surface area contributed by atoms with Gasteiger partial charge in [0.25, 0.3) is 0 Å². The molecule has 0 radical (unpaired) electrons. The van der Waals surface area contributed by atoms with Crippen molar-refractivity contribution in [3.8, 4) is 10.6 Å². The third-order valence-corrected chi connectivity index (χ3v) is 5.11. The van der Waals surface area contributed by atoms with E-state index < -0.39 is 0 Å². The first-order chi connectivity index (χ1) is 11.2. The van der Waals surface area contributed by atoms with Crippen molar-refractivity contribution in [2.24, 2.45) is 0 Å². The van der Waals surface area contributed by atoms with Crippen molar-refractivity contribution in [1.82, 2.24) is 14.8 Å². The van der Waals surface area contributed by atoms with Crippen molar-refractivity contribution in [1.29, 1.82) is 0 Å². The number of hydrogen-bond donors (Lipinski definition) is 0. The largest absolute Gasteiger partial charge is 0.376 e. The summed E-state index contributed by atoms with van der Waals surface area (Å²) in [5.74, 6) is 0. The van der Waals surface area contributed by atoms with E-state index in [0.717, 1.165) is 44.2 Å².